The molecular formula is C19H22OSi. The van der Waals surface area contributed by atoms with E-state index in [4.69, 9.17) is 0 Å². The highest BCUT2D eigenvalue weighted by atomic mass is 28.3. The van der Waals surface area contributed by atoms with Crippen molar-refractivity contribution in [2.75, 3.05) is 0 Å². The van der Waals surface area contributed by atoms with Crippen LogP contribution in [0.3, 0.4) is 0 Å². The first kappa shape index (κ1) is 14.1. The summed E-state index contributed by atoms with van der Waals surface area (Å²) >= 11 is 0. The lowest BCUT2D eigenvalue weighted by Gasteiger charge is -2.28. The molecule has 0 heterocycles. The van der Waals surface area contributed by atoms with Gasteiger partial charge >= 0.3 is 0 Å². The highest BCUT2D eigenvalue weighted by Crippen LogP contribution is 2.24. The lowest BCUT2D eigenvalue weighted by Crippen LogP contribution is -2.54. The fraction of sp³-hybridized carbons (Fsp3) is 0.263. The molecule has 1 N–H and O–H groups in total. The first-order chi connectivity index (χ1) is 9.91. The van der Waals surface area contributed by atoms with Gasteiger partial charge in [0.2, 0.25) is 0 Å². The minimum Gasteiger partial charge on any atom is -0.508 e. The summed E-state index contributed by atoms with van der Waals surface area (Å²) in [5.74, 6) is 0.483. The molecule has 2 heteroatoms. The molecule has 0 amide bonds. The van der Waals surface area contributed by atoms with Crippen LogP contribution in [0, 0.1) is 13.8 Å². The van der Waals surface area contributed by atoms with Crippen molar-refractivity contribution in [3.8, 4) is 5.75 Å². The molecule has 0 atom stereocenters. The third-order valence-corrected chi connectivity index (χ3v) is 8.12. The quantitative estimate of drug-likeness (QED) is 0.842. The maximum absolute atomic E-state index is 10.6. The Morgan fingerprint density at radius 3 is 2.57 bits per heavy atom. The van der Waals surface area contributed by atoms with Crippen molar-refractivity contribution in [2.24, 2.45) is 0 Å². The van der Waals surface area contributed by atoms with Gasteiger partial charge in [-0.3, -0.25) is 0 Å². The summed E-state index contributed by atoms with van der Waals surface area (Å²) in [4.78, 5) is 0. The van der Waals surface area contributed by atoms with Gasteiger partial charge in [-0.15, -0.1) is 0 Å². The van der Waals surface area contributed by atoms with E-state index in [2.05, 4.69) is 62.5 Å². The second kappa shape index (κ2) is 4.88. The Kier molecular flexibility index (Phi) is 3.29. The number of aromatic hydroxyl groups is 1. The third-order valence-electron chi connectivity index (χ3n) is 4.61. The Morgan fingerprint density at radius 2 is 1.81 bits per heavy atom. The lowest BCUT2D eigenvalue weighted by molar-refractivity contribution is 0.475. The molecule has 2 aromatic carbocycles. The van der Waals surface area contributed by atoms with E-state index in [0.29, 0.717) is 5.75 Å². The smallest absolute Gasteiger partial charge is 0.118 e. The van der Waals surface area contributed by atoms with Gasteiger partial charge in [0.15, 0.2) is 0 Å². The highest BCUT2D eigenvalue weighted by molar-refractivity contribution is 7.01. The van der Waals surface area contributed by atoms with E-state index < -0.39 is 8.07 Å². The number of rotatable bonds is 2. The Morgan fingerprint density at radius 1 is 1.05 bits per heavy atom. The summed E-state index contributed by atoms with van der Waals surface area (Å²) in [6.07, 6.45) is 5.52. The molecule has 0 aliphatic heterocycles. The van der Waals surface area contributed by atoms with Gasteiger partial charge in [-0.1, -0.05) is 61.1 Å². The first-order valence-electron chi connectivity index (χ1n) is 7.51. The fourth-order valence-corrected chi connectivity index (χ4v) is 6.52. The van der Waals surface area contributed by atoms with Gasteiger partial charge in [0.25, 0.3) is 0 Å². The predicted molar refractivity (Wildman–Crippen MR) is 93.5 cm³/mol. The van der Waals surface area contributed by atoms with Gasteiger partial charge in [-0.25, -0.2) is 0 Å². The molecule has 0 radical (unpaired) electrons. The summed E-state index contributed by atoms with van der Waals surface area (Å²) in [5.41, 5.74) is 5.00. The molecule has 1 nitrogen and oxygen atoms in total. The fourth-order valence-electron chi connectivity index (χ4n) is 3.42. The molecule has 0 aromatic heterocycles. The average molecular weight is 294 g/mol. The van der Waals surface area contributed by atoms with Gasteiger partial charge in [0.1, 0.15) is 13.8 Å². The molecule has 0 saturated heterocycles. The number of phenols is 1. The lowest BCUT2D eigenvalue weighted by atomic mass is 10.1. The van der Waals surface area contributed by atoms with Crippen LogP contribution >= 0.6 is 0 Å². The van der Waals surface area contributed by atoms with Crippen molar-refractivity contribution in [2.45, 2.75) is 33.4 Å². The Hall–Kier alpha value is -1.80. The van der Waals surface area contributed by atoms with E-state index in [1.54, 1.807) is 0 Å². The Labute approximate surface area is 128 Å². The summed E-state index contributed by atoms with van der Waals surface area (Å²) < 4.78 is 0. The maximum atomic E-state index is 10.6. The number of hydrogen-bond donors (Lipinski definition) is 1. The molecule has 21 heavy (non-hydrogen) atoms. The van der Waals surface area contributed by atoms with Crippen molar-refractivity contribution in [1.29, 1.82) is 0 Å². The van der Waals surface area contributed by atoms with E-state index >= 15 is 0 Å². The van der Waals surface area contributed by atoms with Gasteiger partial charge < -0.3 is 5.11 Å². The molecular weight excluding hydrogens is 272 g/mol. The predicted octanol–water partition coefficient (Wildman–Crippen LogP) is 3.40. The molecule has 0 bridgehead atoms. The van der Waals surface area contributed by atoms with Crippen LogP contribution in [0.25, 0.3) is 6.08 Å². The van der Waals surface area contributed by atoms with Crippen LogP contribution in [0.5, 0.6) is 5.75 Å². The Balaban J connectivity index is 2.22. The number of benzene rings is 2. The minimum atomic E-state index is -1.92. The number of phenolic OH excluding ortho intramolecular Hbond substituents is 1. The van der Waals surface area contributed by atoms with E-state index in [0.717, 1.165) is 17.2 Å². The normalized spacial score (nSPS) is 13.5. The number of fused-ring (bicyclic) bond motifs is 1. The zero-order valence-electron chi connectivity index (χ0n) is 13.2. The Bertz CT molecular complexity index is 741. The summed E-state index contributed by atoms with van der Waals surface area (Å²) in [7, 11) is -1.92. The molecule has 0 spiro atoms. The van der Waals surface area contributed by atoms with Gasteiger partial charge in [-0.2, -0.15) is 0 Å². The van der Waals surface area contributed by atoms with Crippen LogP contribution < -0.4 is 10.4 Å². The monoisotopic (exact) mass is 294 g/mol. The van der Waals surface area contributed by atoms with Crippen molar-refractivity contribution in [3.63, 3.8) is 0 Å². The highest BCUT2D eigenvalue weighted by Gasteiger charge is 2.32. The molecule has 0 unspecified atom stereocenters. The SMILES string of the molecule is Cc1cc(C)c(O)c([Si](C)(C)c2cccc3c2C=CC3)c1. The second-order valence-corrected chi connectivity index (χ2v) is 10.9. The van der Waals surface area contributed by atoms with Crippen molar-refractivity contribution < 1.29 is 5.11 Å². The number of aryl methyl sites for hydroxylation is 2. The van der Waals surface area contributed by atoms with Gasteiger partial charge in [0.05, 0.1) is 0 Å². The summed E-state index contributed by atoms with van der Waals surface area (Å²) in [6, 6.07) is 10.9. The largest absolute Gasteiger partial charge is 0.508 e. The van der Waals surface area contributed by atoms with Crippen LogP contribution in [0.4, 0.5) is 0 Å². The van der Waals surface area contributed by atoms with Crippen LogP contribution in [0.2, 0.25) is 13.1 Å². The second-order valence-electron chi connectivity index (χ2n) is 6.59. The van der Waals surface area contributed by atoms with Crippen LogP contribution in [-0.4, -0.2) is 13.2 Å². The van der Waals surface area contributed by atoms with E-state index in [9.17, 15) is 5.11 Å². The molecule has 1 aliphatic carbocycles. The van der Waals surface area contributed by atoms with E-state index in [1.165, 1.54) is 21.9 Å². The molecule has 0 saturated carbocycles. The molecule has 0 fully saturated rings. The molecule has 2 aromatic rings. The maximum Gasteiger partial charge on any atom is 0.118 e. The topological polar surface area (TPSA) is 20.2 Å². The molecule has 3 rings (SSSR count). The zero-order chi connectivity index (χ0) is 15.2. The summed E-state index contributed by atoms with van der Waals surface area (Å²) in [5, 5.41) is 13.2. The summed E-state index contributed by atoms with van der Waals surface area (Å²) in [6.45, 7) is 8.77. The van der Waals surface area contributed by atoms with Crippen LogP contribution in [0.15, 0.2) is 36.4 Å². The third kappa shape index (κ3) is 2.24. The average Bonchev–Trinajstić information content (AvgIpc) is 2.90. The molecule has 108 valence electrons. The number of allylic oxidation sites excluding steroid dienone is 1. The van der Waals surface area contributed by atoms with Crippen LogP contribution in [0.1, 0.15) is 22.3 Å². The molecule has 1 aliphatic rings. The zero-order valence-corrected chi connectivity index (χ0v) is 14.2. The van der Waals surface area contributed by atoms with Gasteiger partial charge in [-0.05, 0) is 47.3 Å². The van der Waals surface area contributed by atoms with E-state index in [1.807, 2.05) is 6.92 Å². The van der Waals surface area contributed by atoms with Crippen molar-refractivity contribution >= 4 is 24.5 Å². The van der Waals surface area contributed by atoms with Crippen LogP contribution in [-0.2, 0) is 6.42 Å². The van der Waals surface area contributed by atoms with Crippen molar-refractivity contribution in [3.05, 3.63) is 58.7 Å². The minimum absolute atomic E-state index is 0.483. The first-order valence-corrected chi connectivity index (χ1v) is 10.5. The standard InChI is InChI=1S/C19H22OSi/c1-13-11-14(2)19(20)18(12-13)21(3,4)17-10-6-8-15-7-5-9-16(15)17/h5-6,8-12,20H,7H2,1-4H3. The van der Waals surface area contributed by atoms with Gasteiger partial charge in [0, 0.05) is 0 Å². The number of hydrogen-bond acceptors (Lipinski definition) is 1. The van der Waals surface area contributed by atoms with Crippen molar-refractivity contribution in [1.82, 2.24) is 0 Å². The van der Waals surface area contributed by atoms with E-state index in [-0.39, 0.29) is 0 Å².